The van der Waals surface area contributed by atoms with E-state index >= 15 is 0 Å². The second kappa shape index (κ2) is 24.8. The zero-order valence-corrected chi connectivity index (χ0v) is 44.9. The Bertz CT molecular complexity index is 3130. The predicted molar refractivity (Wildman–Crippen MR) is 290 cm³/mol. The number of carbonyl (C=O) groups excluding carboxylic acids is 5. The Kier molecular flexibility index (Phi) is 18.8. The Morgan fingerprint density at radius 3 is 1.73 bits per heavy atom. The average Bonchev–Trinajstić information content (AvgIpc) is 3.94. The highest BCUT2D eigenvalue weighted by Crippen LogP contribution is 2.51. The van der Waals surface area contributed by atoms with E-state index < -0.39 is 33.4 Å². The molecule has 0 fully saturated rings. The van der Waals surface area contributed by atoms with Crippen molar-refractivity contribution in [1.29, 1.82) is 0 Å². The molecule has 5 aromatic rings. The van der Waals surface area contributed by atoms with E-state index in [1.807, 2.05) is 0 Å². The summed E-state index contributed by atoms with van der Waals surface area (Å²) in [5.41, 5.74) is 3.28. The van der Waals surface area contributed by atoms with E-state index in [9.17, 15) is 52.7 Å². The molecule has 2 heterocycles. The molecule has 74 heavy (non-hydrogen) atoms. The van der Waals surface area contributed by atoms with Crippen molar-refractivity contribution in [3.05, 3.63) is 113 Å². The van der Waals surface area contributed by atoms with Gasteiger partial charge in [0.2, 0.25) is 17.7 Å². The quantitative estimate of drug-likeness (QED) is 0.0164. The molecule has 6 N–H and O–H groups in total. The minimum Gasteiger partial charge on any atom is -0.404 e. The fourth-order valence-corrected chi connectivity index (χ4v) is 10.9. The summed E-state index contributed by atoms with van der Waals surface area (Å²) >= 11 is 16.0. The number of benzene rings is 5. The smallest absolute Gasteiger partial charge is 0.404 e. The van der Waals surface area contributed by atoms with Crippen LogP contribution in [0.1, 0.15) is 72.6 Å². The number of carbonyl (C=O) groups is 5. The Morgan fingerprint density at radius 1 is 0.703 bits per heavy atom. The number of nitrogens with one attached hydrogen (secondary N) is 2. The lowest BCUT2D eigenvalue weighted by atomic mass is 9.95. The van der Waals surface area contributed by atoms with Crippen LogP contribution in [-0.2, 0) is 33.1 Å². The van der Waals surface area contributed by atoms with Crippen molar-refractivity contribution in [2.75, 3.05) is 65.4 Å². The molecule has 0 unspecified atom stereocenters. The lowest BCUT2D eigenvalue weighted by Gasteiger charge is -2.18. The third kappa shape index (κ3) is 14.0. The molecule has 18 nitrogen and oxygen atoms in total. The van der Waals surface area contributed by atoms with Gasteiger partial charge >= 0.3 is 15.6 Å². The van der Waals surface area contributed by atoms with Gasteiger partial charge in [-0.15, -0.1) is 23.2 Å². The molecule has 2 aliphatic heterocycles. The number of hydrogen-bond acceptors (Lipinski definition) is 9. The van der Waals surface area contributed by atoms with Gasteiger partial charge in [-0.2, -0.15) is 0 Å². The van der Waals surface area contributed by atoms with Crippen LogP contribution in [0.3, 0.4) is 0 Å². The molecular formula is C51H54BrCl2N5O13P2. The van der Waals surface area contributed by atoms with Crippen molar-refractivity contribution >= 4 is 135 Å². The number of nitrogens with zero attached hydrogens (tertiary/aromatic N) is 3. The van der Waals surface area contributed by atoms with Crippen LogP contribution in [0.4, 0.5) is 17.1 Å². The van der Waals surface area contributed by atoms with E-state index in [2.05, 4.69) is 26.6 Å². The van der Waals surface area contributed by atoms with Gasteiger partial charge < -0.3 is 34.4 Å². The first-order chi connectivity index (χ1) is 35.3. The Hall–Kier alpha value is -5.59. The summed E-state index contributed by atoms with van der Waals surface area (Å²) in [6.45, 7) is 0.982. The van der Waals surface area contributed by atoms with Gasteiger partial charge in [0.15, 0.2) is 0 Å². The van der Waals surface area contributed by atoms with Gasteiger partial charge in [0, 0.05) is 110 Å². The summed E-state index contributed by atoms with van der Waals surface area (Å²) < 4.78 is 34.1. The van der Waals surface area contributed by atoms with E-state index in [1.165, 1.54) is 46.2 Å². The summed E-state index contributed by atoms with van der Waals surface area (Å²) in [6, 6.07) is 21.5. The predicted octanol–water partition coefficient (Wildman–Crippen LogP) is 8.95. The first-order valence-electron chi connectivity index (χ1n) is 23.5. The highest BCUT2D eigenvalue weighted by molar-refractivity contribution is 9.09. The number of amides is 5. The third-order valence-corrected chi connectivity index (χ3v) is 14.7. The molecule has 0 bridgehead atoms. The molecule has 0 saturated carbocycles. The van der Waals surface area contributed by atoms with Crippen molar-refractivity contribution in [1.82, 2.24) is 10.2 Å². The van der Waals surface area contributed by atoms with Crippen LogP contribution >= 0.6 is 54.8 Å². The zero-order chi connectivity index (χ0) is 53.3. The van der Waals surface area contributed by atoms with Crippen molar-refractivity contribution in [3.63, 3.8) is 0 Å². The van der Waals surface area contributed by atoms with Crippen LogP contribution in [0, 0.1) is 0 Å². The lowest BCUT2D eigenvalue weighted by Crippen LogP contribution is -2.28. The summed E-state index contributed by atoms with van der Waals surface area (Å²) in [5, 5.41) is 8.02. The van der Waals surface area contributed by atoms with Crippen molar-refractivity contribution in [2.24, 2.45) is 0 Å². The molecule has 5 amide bonds. The van der Waals surface area contributed by atoms with Gasteiger partial charge in [0.05, 0.1) is 16.7 Å². The van der Waals surface area contributed by atoms with Gasteiger partial charge in [0.25, 0.3) is 11.8 Å². The number of phosphoric ester groups is 2. The number of fused-ring (bicyclic) bond motifs is 6. The van der Waals surface area contributed by atoms with Crippen molar-refractivity contribution < 1.29 is 61.7 Å². The number of anilines is 3. The molecule has 23 heteroatoms. The Morgan fingerprint density at radius 2 is 1.22 bits per heavy atom. The normalized spacial score (nSPS) is 15.5. The Balaban J connectivity index is 1.11. The van der Waals surface area contributed by atoms with E-state index in [1.54, 1.807) is 78.7 Å². The first-order valence-corrected chi connectivity index (χ1v) is 28.8. The first kappa shape index (κ1) is 56.1. The second-order valence-corrected chi connectivity index (χ2v) is 21.3. The molecule has 7 rings (SSSR count). The largest absolute Gasteiger partial charge is 0.524 e. The molecule has 0 aromatic heterocycles. The maximum atomic E-state index is 14.1. The molecule has 0 radical (unpaired) electrons. The molecule has 0 saturated heterocycles. The van der Waals surface area contributed by atoms with Crippen LogP contribution in [0.2, 0.25) is 0 Å². The topological polar surface area (TPSA) is 253 Å². The van der Waals surface area contributed by atoms with Crippen LogP contribution in [0.15, 0.2) is 91.0 Å². The molecular weight excluding hydrogens is 1100 g/mol. The van der Waals surface area contributed by atoms with Crippen molar-refractivity contribution in [3.8, 4) is 11.5 Å². The molecule has 2 atom stereocenters. The number of rotatable bonds is 22. The molecule has 0 spiro atoms. The second-order valence-electron chi connectivity index (χ2n) is 17.7. The summed E-state index contributed by atoms with van der Waals surface area (Å²) in [7, 11) is -8.25. The average molecular weight is 1160 g/mol. The highest BCUT2D eigenvalue weighted by Gasteiger charge is 2.36. The van der Waals surface area contributed by atoms with E-state index in [0.717, 1.165) is 24.8 Å². The summed E-state index contributed by atoms with van der Waals surface area (Å²) in [5.74, 6) is -2.26. The highest BCUT2D eigenvalue weighted by atomic mass is 79.9. The number of phosphoric acid groups is 2. The van der Waals surface area contributed by atoms with Gasteiger partial charge in [-0.25, -0.2) is 9.13 Å². The molecule has 0 aliphatic carbocycles. The fourth-order valence-electron chi connectivity index (χ4n) is 9.17. The van der Waals surface area contributed by atoms with Crippen LogP contribution in [0.5, 0.6) is 11.5 Å². The van der Waals surface area contributed by atoms with Gasteiger partial charge in [-0.05, 0) is 64.1 Å². The van der Waals surface area contributed by atoms with Crippen molar-refractivity contribution in [2.45, 2.75) is 50.4 Å². The summed E-state index contributed by atoms with van der Waals surface area (Å²) in [6.07, 6.45) is 8.88. The minimum atomic E-state index is -5.00. The van der Waals surface area contributed by atoms with E-state index in [0.29, 0.717) is 62.6 Å². The number of unbranched alkanes of at least 4 members (excludes halogenated alkanes) is 3. The number of halogens is 3. The van der Waals surface area contributed by atoms with E-state index in [-0.39, 0.29) is 90.4 Å². The fraction of sp³-hybridized carbons (Fsp3) is 0.314. The SMILES string of the molecule is CN(CCCCCCC(=O)NCCC(=O)Nc1cc(/C=C/C(=O)N2C[C@@H](CCl)c3c2cc(OP(=O)(O)O)c2ccccc32)ccc1/C=C/C(=O)N1C[C@@H](CCl)c2c1cc(OP(=O)(O)O)c1ccccc21)C(=O)CBr. The summed E-state index contributed by atoms with van der Waals surface area (Å²) in [4.78, 5) is 109. The van der Waals surface area contributed by atoms with Crippen LogP contribution in [0.25, 0.3) is 33.7 Å². The monoisotopic (exact) mass is 1160 g/mol. The van der Waals surface area contributed by atoms with Crippen LogP contribution < -0.4 is 29.5 Å². The van der Waals surface area contributed by atoms with E-state index in [4.69, 9.17) is 32.2 Å². The van der Waals surface area contributed by atoms with Crippen LogP contribution in [-0.4, -0.2) is 104 Å². The third-order valence-electron chi connectivity index (χ3n) is 12.6. The minimum absolute atomic E-state index is 0.000944. The maximum absolute atomic E-state index is 14.1. The number of alkyl halides is 3. The van der Waals surface area contributed by atoms with Gasteiger partial charge in [-0.1, -0.05) is 89.4 Å². The number of hydrogen-bond donors (Lipinski definition) is 6. The standard InChI is InChI=1S/C51H54BrCl2N5O13P2/c1-57(49(64)27-52)23-9-3-2-4-14-45(60)55-22-21-46(61)56-40-24-32(16-19-47(62)58-30-34(28-53)50-38-12-7-5-10-36(38)43(25-41(50)58)71-73(65,66)67)15-17-33(40)18-20-48(63)59-31-35(29-54)51-39-13-8-6-11-37(39)44(26-42(51)59)72-74(68,69)70/h5-8,10-13,15-20,24-26,34-35H,2-4,9,14,21-23,27-31H2,1H3,(H,55,60)(H,56,61)(H2,65,66,67)(H2,68,69,70)/b19-16+,20-18+/t34-,35-/m1/s1. The van der Waals surface area contributed by atoms with Gasteiger partial charge in [0.1, 0.15) is 11.5 Å². The molecule has 5 aromatic carbocycles. The molecule has 392 valence electrons. The van der Waals surface area contributed by atoms with Gasteiger partial charge in [-0.3, -0.25) is 43.5 Å². The zero-order valence-electron chi connectivity index (χ0n) is 40.0. The Labute approximate surface area is 445 Å². The maximum Gasteiger partial charge on any atom is 0.524 e. The molecule has 2 aliphatic rings. The lowest BCUT2D eigenvalue weighted by molar-refractivity contribution is -0.127.